The van der Waals surface area contributed by atoms with Gasteiger partial charge in [0.05, 0.1) is 21.9 Å². The molecule has 2 heterocycles. The highest BCUT2D eigenvalue weighted by Crippen LogP contribution is 2.32. The van der Waals surface area contributed by atoms with E-state index in [-0.39, 0.29) is 22.9 Å². The number of hydrogen-bond donors (Lipinski definition) is 1. The fourth-order valence-electron chi connectivity index (χ4n) is 3.61. The SMILES string of the molecule is CC(=O)NCc1ccc(C(=O)C(C)OC(=O)c2ccc(N3CCC(C)CC3)c([N+](=O)[O-])c2)s1. The van der Waals surface area contributed by atoms with Gasteiger partial charge in [0.1, 0.15) is 5.69 Å². The molecule has 0 saturated carbocycles. The van der Waals surface area contributed by atoms with Crippen molar-refractivity contribution in [1.82, 2.24) is 5.32 Å². The first kappa shape index (κ1) is 24.4. The first-order chi connectivity index (χ1) is 15.7. The molecule has 0 radical (unpaired) electrons. The lowest BCUT2D eigenvalue weighted by Crippen LogP contribution is -2.33. The number of nitro groups is 1. The number of thiophene rings is 1. The summed E-state index contributed by atoms with van der Waals surface area (Å²) in [4.78, 5) is 50.6. The van der Waals surface area contributed by atoms with Gasteiger partial charge in [0.2, 0.25) is 11.7 Å². The second-order valence-corrected chi connectivity index (χ2v) is 9.39. The lowest BCUT2D eigenvalue weighted by Gasteiger charge is -2.31. The number of hydrogen-bond acceptors (Lipinski definition) is 8. The molecule has 0 aliphatic carbocycles. The quantitative estimate of drug-likeness (QED) is 0.267. The van der Waals surface area contributed by atoms with E-state index in [1.54, 1.807) is 18.2 Å². The van der Waals surface area contributed by atoms with Crippen molar-refractivity contribution in [3.8, 4) is 0 Å². The number of nitro benzene ring substituents is 1. The van der Waals surface area contributed by atoms with Crippen LogP contribution in [-0.4, -0.2) is 41.8 Å². The van der Waals surface area contributed by atoms with E-state index in [9.17, 15) is 24.5 Å². The monoisotopic (exact) mass is 473 g/mol. The molecule has 176 valence electrons. The number of ether oxygens (including phenoxy) is 1. The van der Waals surface area contributed by atoms with Crippen molar-refractivity contribution in [2.75, 3.05) is 18.0 Å². The second kappa shape index (κ2) is 10.6. The normalized spacial score (nSPS) is 15.1. The molecule has 1 unspecified atom stereocenters. The average molecular weight is 474 g/mol. The minimum absolute atomic E-state index is 0.0213. The van der Waals surface area contributed by atoms with E-state index in [0.717, 1.165) is 30.8 Å². The molecule has 10 heteroatoms. The van der Waals surface area contributed by atoms with Gasteiger partial charge in [-0.3, -0.25) is 19.7 Å². The maximum absolute atomic E-state index is 12.7. The van der Waals surface area contributed by atoms with Crippen LogP contribution in [-0.2, 0) is 16.1 Å². The summed E-state index contributed by atoms with van der Waals surface area (Å²) in [7, 11) is 0. The van der Waals surface area contributed by atoms with Crippen molar-refractivity contribution in [3.05, 3.63) is 55.8 Å². The minimum atomic E-state index is -1.06. The van der Waals surface area contributed by atoms with Crippen molar-refractivity contribution >= 4 is 40.4 Å². The number of benzene rings is 1. The van der Waals surface area contributed by atoms with Gasteiger partial charge in [-0.2, -0.15) is 0 Å². The van der Waals surface area contributed by atoms with Crippen LogP contribution in [0.15, 0.2) is 30.3 Å². The summed E-state index contributed by atoms with van der Waals surface area (Å²) in [6.45, 7) is 6.79. The Kier molecular flexibility index (Phi) is 7.80. The summed E-state index contributed by atoms with van der Waals surface area (Å²) in [5.74, 6) is -0.768. The van der Waals surface area contributed by atoms with E-state index in [0.29, 0.717) is 23.0 Å². The van der Waals surface area contributed by atoms with Gasteiger partial charge in [-0.1, -0.05) is 6.92 Å². The Labute approximate surface area is 195 Å². The third kappa shape index (κ3) is 6.16. The van der Waals surface area contributed by atoms with Crippen LogP contribution < -0.4 is 10.2 Å². The summed E-state index contributed by atoms with van der Waals surface area (Å²) in [6, 6.07) is 7.63. The van der Waals surface area contributed by atoms with Crippen LogP contribution in [0.3, 0.4) is 0 Å². The van der Waals surface area contributed by atoms with Crippen molar-refractivity contribution in [2.45, 2.75) is 46.3 Å². The number of ketones is 1. The van der Waals surface area contributed by atoms with E-state index < -0.39 is 17.0 Å². The summed E-state index contributed by atoms with van der Waals surface area (Å²) in [6.07, 6.45) is 0.845. The number of nitrogens with zero attached hydrogens (tertiary/aromatic N) is 2. The fraction of sp³-hybridized carbons (Fsp3) is 0.435. The molecule has 0 bridgehead atoms. The van der Waals surface area contributed by atoms with Gasteiger partial charge in [0.15, 0.2) is 6.10 Å². The zero-order valence-electron chi connectivity index (χ0n) is 18.8. The Hall–Kier alpha value is -3.27. The maximum atomic E-state index is 12.7. The molecule has 0 spiro atoms. The third-order valence-electron chi connectivity index (χ3n) is 5.60. The predicted octanol–water partition coefficient (Wildman–Crippen LogP) is 3.96. The van der Waals surface area contributed by atoms with Crippen LogP contribution in [0.2, 0.25) is 0 Å². The topological polar surface area (TPSA) is 119 Å². The van der Waals surface area contributed by atoms with Gasteiger partial charge >= 0.3 is 5.97 Å². The molecule has 1 aromatic heterocycles. The fourth-order valence-corrected chi connectivity index (χ4v) is 4.58. The number of Topliss-reactive ketones (excluding diaryl/α,β-unsaturated/α-hetero) is 1. The van der Waals surface area contributed by atoms with Crippen molar-refractivity contribution in [2.24, 2.45) is 5.92 Å². The Bertz CT molecular complexity index is 1060. The van der Waals surface area contributed by atoms with Crippen molar-refractivity contribution in [1.29, 1.82) is 0 Å². The lowest BCUT2D eigenvalue weighted by atomic mass is 9.98. The molecule has 1 aliphatic rings. The first-order valence-corrected chi connectivity index (χ1v) is 11.6. The van der Waals surface area contributed by atoms with E-state index in [4.69, 9.17) is 4.74 Å². The number of anilines is 1. The molecular formula is C23H27N3O6S. The largest absolute Gasteiger partial charge is 0.451 e. The van der Waals surface area contributed by atoms with Gasteiger partial charge in [0.25, 0.3) is 5.69 Å². The molecule has 1 atom stereocenters. The Morgan fingerprint density at radius 1 is 1.24 bits per heavy atom. The Morgan fingerprint density at radius 2 is 1.94 bits per heavy atom. The van der Waals surface area contributed by atoms with Gasteiger partial charge < -0.3 is 15.0 Å². The number of rotatable bonds is 8. The predicted molar refractivity (Wildman–Crippen MR) is 125 cm³/mol. The highest BCUT2D eigenvalue weighted by molar-refractivity contribution is 7.14. The smallest absolute Gasteiger partial charge is 0.339 e. The molecule has 1 aromatic carbocycles. The molecule has 33 heavy (non-hydrogen) atoms. The zero-order valence-corrected chi connectivity index (χ0v) is 19.6. The summed E-state index contributed by atoms with van der Waals surface area (Å²) in [5, 5.41) is 14.3. The summed E-state index contributed by atoms with van der Waals surface area (Å²) >= 11 is 1.21. The number of esters is 1. The van der Waals surface area contributed by atoms with E-state index in [2.05, 4.69) is 12.2 Å². The highest BCUT2D eigenvalue weighted by atomic mass is 32.1. The van der Waals surface area contributed by atoms with Crippen LogP contribution in [0.25, 0.3) is 0 Å². The highest BCUT2D eigenvalue weighted by Gasteiger charge is 2.27. The van der Waals surface area contributed by atoms with Gasteiger partial charge in [-0.15, -0.1) is 11.3 Å². The number of amides is 1. The molecule has 1 aliphatic heterocycles. The molecule has 2 aromatic rings. The van der Waals surface area contributed by atoms with Crippen molar-refractivity contribution in [3.63, 3.8) is 0 Å². The van der Waals surface area contributed by atoms with Crippen LogP contribution >= 0.6 is 11.3 Å². The molecule has 9 nitrogen and oxygen atoms in total. The molecule has 1 N–H and O–H groups in total. The van der Waals surface area contributed by atoms with Crippen molar-refractivity contribution < 1.29 is 24.0 Å². The van der Waals surface area contributed by atoms with Gasteiger partial charge in [-0.25, -0.2) is 4.79 Å². The minimum Gasteiger partial charge on any atom is -0.451 e. The molecule has 3 rings (SSSR count). The average Bonchev–Trinajstić information content (AvgIpc) is 3.26. The van der Waals surface area contributed by atoms with Crippen LogP contribution in [0.1, 0.15) is 58.5 Å². The second-order valence-electron chi connectivity index (χ2n) is 8.22. The van der Waals surface area contributed by atoms with Crippen LogP contribution in [0, 0.1) is 16.0 Å². The first-order valence-electron chi connectivity index (χ1n) is 10.8. The van der Waals surface area contributed by atoms with Gasteiger partial charge in [-0.05, 0) is 49.9 Å². The summed E-state index contributed by atoms with van der Waals surface area (Å²) in [5.41, 5.74) is 0.352. The number of nitrogens with one attached hydrogen (secondary N) is 1. The number of piperidine rings is 1. The lowest BCUT2D eigenvalue weighted by molar-refractivity contribution is -0.384. The third-order valence-corrected chi connectivity index (χ3v) is 6.70. The van der Waals surface area contributed by atoms with Gasteiger partial charge in [0, 0.05) is 31.0 Å². The maximum Gasteiger partial charge on any atom is 0.339 e. The van der Waals surface area contributed by atoms with E-state index in [1.165, 1.54) is 37.3 Å². The zero-order chi connectivity index (χ0) is 24.1. The molecule has 1 amide bonds. The molecular weight excluding hydrogens is 446 g/mol. The van der Waals surface area contributed by atoms with Crippen LogP contribution in [0.5, 0.6) is 0 Å². The number of carbonyl (C=O) groups is 3. The molecule has 1 saturated heterocycles. The standard InChI is InChI=1S/C23H27N3O6S/c1-14-8-10-25(11-9-14)19-6-4-17(12-20(19)26(30)31)23(29)32-15(2)22(28)21-7-5-18(33-21)13-24-16(3)27/h4-7,12,14-15H,8-11,13H2,1-3H3,(H,24,27). The Morgan fingerprint density at radius 3 is 2.58 bits per heavy atom. The number of carbonyl (C=O) groups excluding carboxylic acids is 3. The molecule has 1 fully saturated rings. The van der Waals surface area contributed by atoms with Crippen LogP contribution in [0.4, 0.5) is 11.4 Å². The summed E-state index contributed by atoms with van der Waals surface area (Å²) < 4.78 is 5.31. The van der Waals surface area contributed by atoms with E-state index >= 15 is 0 Å². The Balaban J connectivity index is 1.69. The van der Waals surface area contributed by atoms with E-state index in [1.807, 2.05) is 4.90 Å².